The maximum atomic E-state index is 11.8. The van der Waals surface area contributed by atoms with Gasteiger partial charge in [-0.05, 0) is 32.0 Å². The monoisotopic (exact) mass is 451 g/mol. The Kier molecular flexibility index (Phi) is 6.16. The average Bonchev–Trinajstić information content (AvgIpc) is 3.29. The number of imidazole rings is 1. The third-order valence-corrected chi connectivity index (χ3v) is 10.8. The summed E-state index contributed by atoms with van der Waals surface area (Å²) in [6.45, 7) is 14.8. The first-order chi connectivity index (χ1) is 14.2. The van der Waals surface area contributed by atoms with Gasteiger partial charge in [-0.15, -0.1) is 6.42 Å². The Morgan fingerprint density at radius 1 is 1.42 bits per heavy atom. The molecule has 0 aliphatic carbocycles. The van der Waals surface area contributed by atoms with Crippen LogP contribution in [0.4, 0.5) is 0 Å². The van der Waals surface area contributed by atoms with Gasteiger partial charge >= 0.3 is 0 Å². The van der Waals surface area contributed by atoms with Crippen molar-refractivity contribution >= 4 is 14.2 Å². The summed E-state index contributed by atoms with van der Waals surface area (Å²) < 4.78 is 26.4. The molecule has 172 valence electrons. The fraction of sp³-hybridized carbons (Fsp3) is 0.714. The molecule has 0 bridgehead atoms. The smallest absolute Gasteiger partial charge is 0.269 e. The number of aliphatic hydroxyl groups excluding tert-OH is 1. The number of fused-ring (bicyclic) bond motifs is 1. The second-order valence-corrected chi connectivity index (χ2v) is 14.8. The second-order valence-electron chi connectivity index (χ2n) is 10.0. The van der Waals surface area contributed by atoms with Crippen LogP contribution in [0, 0.1) is 12.3 Å². The van der Waals surface area contributed by atoms with Crippen molar-refractivity contribution in [1.82, 2.24) is 9.55 Å². The molecule has 0 spiro atoms. The molecular weight excluding hydrogens is 418 g/mol. The van der Waals surface area contributed by atoms with Crippen LogP contribution >= 0.6 is 0 Å². The maximum Gasteiger partial charge on any atom is 0.269 e. The maximum absolute atomic E-state index is 11.8. The second kappa shape index (κ2) is 7.99. The number of hydrogen-bond donors (Lipinski definition) is 2. The van der Waals surface area contributed by atoms with E-state index >= 15 is 0 Å². The highest BCUT2D eigenvalue weighted by atomic mass is 28.4. The Bertz CT molecular complexity index is 885. The summed E-state index contributed by atoms with van der Waals surface area (Å²) in [7, 11) is -2.02. The van der Waals surface area contributed by atoms with Gasteiger partial charge in [0.2, 0.25) is 0 Å². The molecule has 1 unspecified atom stereocenters. The molecule has 3 heterocycles. The molecule has 3 rings (SSSR count). The van der Waals surface area contributed by atoms with Gasteiger partial charge in [0.1, 0.15) is 18.3 Å². The zero-order valence-corrected chi connectivity index (χ0v) is 20.2. The van der Waals surface area contributed by atoms with Gasteiger partial charge in [0.05, 0.1) is 18.6 Å². The van der Waals surface area contributed by atoms with Crippen molar-refractivity contribution in [2.45, 2.75) is 89.2 Å². The molecule has 3 N–H and O–H groups in total. The molecule has 9 nitrogen and oxygen atoms in total. The Labute approximate surface area is 184 Å². The molecule has 2 aliphatic heterocycles. The van der Waals surface area contributed by atoms with Crippen molar-refractivity contribution in [3.8, 4) is 12.3 Å². The van der Waals surface area contributed by atoms with Crippen LogP contribution < -0.4 is 5.73 Å². The lowest BCUT2D eigenvalue weighted by Crippen LogP contribution is -2.44. The first-order valence-corrected chi connectivity index (χ1v) is 13.2. The van der Waals surface area contributed by atoms with Gasteiger partial charge in [-0.2, -0.15) is 0 Å². The van der Waals surface area contributed by atoms with Gasteiger partial charge in [-0.1, -0.05) is 26.7 Å². The molecule has 1 aromatic heterocycles. The SMILES string of the molecule is C#CC(O)c1c(C(N)=O)ncn1[C@@H]1O[C@H](CO[Si](C)(C)C(C)(C)C)[C@H]2OC(C)(C)O[C@H]21. The molecule has 2 fully saturated rings. The van der Waals surface area contributed by atoms with Crippen LogP contribution in [-0.2, 0) is 18.6 Å². The van der Waals surface area contributed by atoms with E-state index in [1.807, 2.05) is 13.8 Å². The third-order valence-electron chi connectivity index (χ3n) is 6.30. The van der Waals surface area contributed by atoms with Crippen LogP contribution in [0.3, 0.4) is 0 Å². The molecule has 1 amide bonds. The van der Waals surface area contributed by atoms with E-state index in [9.17, 15) is 9.90 Å². The van der Waals surface area contributed by atoms with Crippen LogP contribution in [-0.4, -0.2) is 59.6 Å². The van der Waals surface area contributed by atoms with Crippen molar-refractivity contribution in [3.05, 3.63) is 17.7 Å². The quantitative estimate of drug-likeness (QED) is 0.502. The molecule has 31 heavy (non-hydrogen) atoms. The van der Waals surface area contributed by atoms with Gasteiger partial charge in [0.15, 0.2) is 32.1 Å². The first-order valence-electron chi connectivity index (χ1n) is 10.3. The predicted octanol–water partition coefficient (Wildman–Crippen LogP) is 2.09. The lowest BCUT2D eigenvalue weighted by Gasteiger charge is -2.37. The number of hydrogen-bond acceptors (Lipinski definition) is 7. The normalized spacial score (nSPS) is 28.9. The number of primary amides is 1. The van der Waals surface area contributed by atoms with E-state index < -0.39 is 50.7 Å². The number of aliphatic hydroxyl groups is 1. The van der Waals surface area contributed by atoms with Gasteiger partial charge < -0.3 is 34.0 Å². The summed E-state index contributed by atoms with van der Waals surface area (Å²) in [5.74, 6) is 0.594. The zero-order chi connectivity index (χ0) is 23.4. The van der Waals surface area contributed by atoms with E-state index in [4.69, 9.17) is 30.8 Å². The largest absolute Gasteiger partial charge is 0.414 e. The van der Waals surface area contributed by atoms with E-state index in [-0.39, 0.29) is 16.4 Å². The number of nitrogens with two attached hydrogens (primary N) is 1. The number of nitrogens with zero attached hydrogens (tertiary/aromatic N) is 2. The highest BCUT2D eigenvalue weighted by molar-refractivity contribution is 6.74. The highest BCUT2D eigenvalue weighted by Gasteiger charge is 2.57. The minimum Gasteiger partial charge on any atom is -0.414 e. The molecule has 0 aromatic carbocycles. The van der Waals surface area contributed by atoms with E-state index in [1.165, 1.54) is 10.9 Å². The molecule has 1 aromatic rings. The fourth-order valence-electron chi connectivity index (χ4n) is 3.64. The molecule has 0 radical (unpaired) electrons. The van der Waals surface area contributed by atoms with Crippen molar-refractivity contribution in [3.63, 3.8) is 0 Å². The van der Waals surface area contributed by atoms with Crippen LogP contribution in [0.1, 0.15) is 63.1 Å². The summed E-state index contributed by atoms with van der Waals surface area (Å²) in [6, 6.07) is 0. The Morgan fingerprint density at radius 3 is 2.58 bits per heavy atom. The molecule has 2 saturated heterocycles. The van der Waals surface area contributed by atoms with Crippen molar-refractivity contribution in [2.24, 2.45) is 5.73 Å². The minimum atomic E-state index is -2.02. The van der Waals surface area contributed by atoms with Gasteiger partial charge in [0.25, 0.3) is 5.91 Å². The summed E-state index contributed by atoms with van der Waals surface area (Å²) >= 11 is 0. The van der Waals surface area contributed by atoms with E-state index in [0.717, 1.165) is 0 Å². The summed E-state index contributed by atoms with van der Waals surface area (Å²) in [5.41, 5.74) is 5.41. The Balaban J connectivity index is 1.93. The number of aromatic nitrogens is 2. The lowest BCUT2D eigenvalue weighted by molar-refractivity contribution is -0.200. The van der Waals surface area contributed by atoms with Gasteiger partial charge in [0, 0.05) is 0 Å². The van der Waals surface area contributed by atoms with Crippen molar-refractivity contribution in [2.75, 3.05) is 6.61 Å². The predicted molar refractivity (Wildman–Crippen MR) is 115 cm³/mol. The van der Waals surface area contributed by atoms with Crippen molar-refractivity contribution < 1.29 is 28.5 Å². The molecule has 2 aliphatic rings. The van der Waals surface area contributed by atoms with Gasteiger partial charge in [-0.25, -0.2) is 4.98 Å². The highest BCUT2D eigenvalue weighted by Crippen LogP contribution is 2.45. The third kappa shape index (κ3) is 4.44. The van der Waals surface area contributed by atoms with E-state index in [2.05, 4.69) is 44.8 Å². The Morgan fingerprint density at radius 2 is 2.03 bits per heavy atom. The lowest BCUT2D eigenvalue weighted by atomic mass is 10.1. The van der Waals surface area contributed by atoms with Crippen LogP contribution in [0.15, 0.2) is 6.33 Å². The fourth-order valence-corrected chi connectivity index (χ4v) is 4.65. The summed E-state index contributed by atoms with van der Waals surface area (Å²) in [6.07, 6.45) is 3.35. The number of carbonyl (C=O) groups excluding carboxylic acids is 1. The summed E-state index contributed by atoms with van der Waals surface area (Å²) in [4.78, 5) is 15.9. The summed E-state index contributed by atoms with van der Waals surface area (Å²) in [5, 5.41) is 10.4. The molecular formula is C21H33N3O6Si. The number of amides is 1. The molecule has 5 atom stereocenters. The van der Waals surface area contributed by atoms with E-state index in [0.29, 0.717) is 6.61 Å². The Hall–Kier alpha value is -1.74. The minimum absolute atomic E-state index is 0.0432. The van der Waals surface area contributed by atoms with Crippen molar-refractivity contribution in [1.29, 1.82) is 0 Å². The van der Waals surface area contributed by atoms with E-state index in [1.54, 1.807) is 0 Å². The number of rotatable bonds is 6. The topological polar surface area (TPSA) is 118 Å². The number of carbonyl (C=O) groups is 1. The standard InChI is InChI=1S/C21H33N3O6Si/c1-9-12(25)15-14(18(22)26)23-11-24(15)19-17-16(29-21(5,6)30-17)13(28-19)10-27-31(7,8)20(2,3)4/h1,11-13,16-17,19,25H,10H2,2-8H3,(H2,22,26)/t12?,13-,16-,17-,19-/m1/s1. The van der Waals surface area contributed by atoms with Crippen LogP contribution in [0.5, 0.6) is 0 Å². The van der Waals surface area contributed by atoms with Gasteiger partial charge in [-0.3, -0.25) is 4.79 Å². The molecule has 0 saturated carbocycles. The van der Waals surface area contributed by atoms with Crippen LogP contribution in [0.2, 0.25) is 18.1 Å². The number of ether oxygens (including phenoxy) is 3. The average molecular weight is 452 g/mol. The number of terminal acetylenes is 1. The molecule has 10 heteroatoms. The first kappa shape index (κ1) is 23.9. The van der Waals surface area contributed by atoms with Crippen LogP contribution in [0.25, 0.3) is 0 Å². The zero-order valence-electron chi connectivity index (χ0n) is 19.2.